The van der Waals surface area contributed by atoms with Crippen LogP contribution in [0.2, 0.25) is 15.1 Å². The number of rotatable bonds is 5. The molecule has 3 rings (SSSR count). The molecule has 30 heavy (non-hydrogen) atoms. The number of benzene rings is 3. The van der Waals surface area contributed by atoms with Gasteiger partial charge < -0.3 is 5.32 Å². The molecule has 0 aliphatic heterocycles. The van der Waals surface area contributed by atoms with Crippen molar-refractivity contribution in [1.82, 2.24) is 0 Å². The van der Waals surface area contributed by atoms with E-state index in [1.54, 1.807) is 42.5 Å². The number of nitrogens with one attached hydrogen (secondary N) is 1. The molecule has 5 nitrogen and oxygen atoms in total. The maximum Gasteiger partial charge on any atom is 0.265 e. The minimum absolute atomic E-state index is 0.00583. The van der Waals surface area contributed by atoms with Gasteiger partial charge in [-0.25, -0.2) is 8.42 Å². The molecule has 0 aliphatic carbocycles. The van der Waals surface area contributed by atoms with E-state index in [1.807, 2.05) is 6.92 Å². The Labute approximate surface area is 190 Å². The summed E-state index contributed by atoms with van der Waals surface area (Å²) in [6.07, 6.45) is 0. The first kappa shape index (κ1) is 22.4. The number of hydrogen-bond donors (Lipinski definition) is 1. The number of halogens is 3. The Hall–Kier alpha value is -2.25. The van der Waals surface area contributed by atoms with Gasteiger partial charge in [0.25, 0.3) is 15.9 Å². The van der Waals surface area contributed by atoms with Crippen LogP contribution >= 0.6 is 34.8 Å². The van der Waals surface area contributed by atoms with E-state index in [1.165, 1.54) is 25.2 Å². The van der Waals surface area contributed by atoms with Crippen molar-refractivity contribution < 1.29 is 13.2 Å². The van der Waals surface area contributed by atoms with Gasteiger partial charge in [0.05, 0.1) is 10.7 Å². The van der Waals surface area contributed by atoms with E-state index in [-0.39, 0.29) is 15.5 Å². The second-order valence-corrected chi connectivity index (χ2v) is 9.73. The summed E-state index contributed by atoms with van der Waals surface area (Å²) in [5.74, 6) is -0.484. The van der Waals surface area contributed by atoms with Crippen LogP contribution in [0.25, 0.3) is 0 Å². The predicted molar refractivity (Wildman–Crippen MR) is 123 cm³/mol. The van der Waals surface area contributed by atoms with Crippen molar-refractivity contribution in [2.75, 3.05) is 16.7 Å². The van der Waals surface area contributed by atoms with E-state index >= 15 is 0 Å². The van der Waals surface area contributed by atoms with Crippen molar-refractivity contribution in [3.05, 3.63) is 86.9 Å². The van der Waals surface area contributed by atoms with Gasteiger partial charge in [-0.2, -0.15) is 0 Å². The molecule has 0 heterocycles. The molecule has 1 amide bonds. The number of aryl methyl sites for hydroxylation is 1. The van der Waals surface area contributed by atoms with Crippen molar-refractivity contribution >= 4 is 62.1 Å². The first-order chi connectivity index (χ1) is 14.1. The Kier molecular flexibility index (Phi) is 6.62. The summed E-state index contributed by atoms with van der Waals surface area (Å²) >= 11 is 18.0. The number of carbonyl (C=O) groups excluding carboxylic acids is 1. The summed E-state index contributed by atoms with van der Waals surface area (Å²) < 4.78 is 27.3. The monoisotopic (exact) mass is 482 g/mol. The smallest absolute Gasteiger partial charge is 0.265 e. The van der Waals surface area contributed by atoms with Gasteiger partial charge in [-0.15, -0.1) is 0 Å². The van der Waals surface area contributed by atoms with Gasteiger partial charge in [0.15, 0.2) is 0 Å². The molecule has 0 unspecified atom stereocenters. The topological polar surface area (TPSA) is 66.5 Å². The molecule has 0 bridgehead atoms. The standard InChI is InChI=1S/C21H17Cl3N2O3S/c1-13-3-5-16(23)12-19(13)25-21(27)14-4-10-18(24)20(11-14)30(28,29)26(2)17-8-6-15(22)7-9-17/h3-12H,1-2H3,(H,25,27). The van der Waals surface area contributed by atoms with Crippen LogP contribution in [0.1, 0.15) is 15.9 Å². The van der Waals surface area contributed by atoms with E-state index in [4.69, 9.17) is 34.8 Å². The van der Waals surface area contributed by atoms with Crippen molar-refractivity contribution in [1.29, 1.82) is 0 Å². The summed E-state index contributed by atoms with van der Waals surface area (Å²) in [5.41, 5.74) is 1.89. The molecule has 9 heteroatoms. The second-order valence-electron chi connectivity index (χ2n) is 6.51. The van der Waals surface area contributed by atoms with Crippen LogP contribution in [-0.4, -0.2) is 21.4 Å². The molecular weight excluding hydrogens is 467 g/mol. The highest BCUT2D eigenvalue weighted by atomic mass is 35.5. The molecular formula is C21H17Cl3N2O3S. The van der Waals surface area contributed by atoms with E-state index in [0.717, 1.165) is 9.87 Å². The molecule has 1 N–H and O–H groups in total. The molecule has 0 saturated heterocycles. The average molecular weight is 484 g/mol. The number of nitrogens with zero attached hydrogens (tertiary/aromatic N) is 1. The lowest BCUT2D eigenvalue weighted by Gasteiger charge is -2.20. The lowest BCUT2D eigenvalue weighted by atomic mass is 10.1. The van der Waals surface area contributed by atoms with Crippen LogP contribution in [0.4, 0.5) is 11.4 Å². The van der Waals surface area contributed by atoms with E-state index in [0.29, 0.717) is 21.4 Å². The summed E-state index contributed by atoms with van der Waals surface area (Å²) in [6, 6.07) is 15.5. The van der Waals surface area contributed by atoms with Crippen LogP contribution in [0.15, 0.2) is 65.6 Å². The van der Waals surface area contributed by atoms with Gasteiger partial charge in [-0.3, -0.25) is 9.10 Å². The highest BCUT2D eigenvalue weighted by Gasteiger charge is 2.25. The van der Waals surface area contributed by atoms with Gasteiger partial charge in [0, 0.05) is 28.3 Å². The predicted octanol–water partition coefficient (Wildman–Crippen LogP) is 6.03. The van der Waals surface area contributed by atoms with Crippen LogP contribution < -0.4 is 9.62 Å². The van der Waals surface area contributed by atoms with Crippen molar-refractivity contribution in [3.8, 4) is 0 Å². The molecule has 0 atom stereocenters. The Morgan fingerprint density at radius 1 is 0.900 bits per heavy atom. The largest absolute Gasteiger partial charge is 0.322 e. The molecule has 3 aromatic rings. The summed E-state index contributed by atoms with van der Waals surface area (Å²) in [6.45, 7) is 1.82. The Morgan fingerprint density at radius 2 is 1.53 bits per heavy atom. The first-order valence-corrected chi connectivity index (χ1v) is 11.3. The highest BCUT2D eigenvalue weighted by Crippen LogP contribution is 2.29. The molecule has 0 saturated carbocycles. The fourth-order valence-electron chi connectivity index (χ4n) is 2.70. The van der Waals surface area contributed by atoms with E-state index in [9.17, 15) is 13.2 Å². The normalized spacial score (nSPS) is 11.2. The Bertz CT molecular complexity index is 1210. The number of carbonyl (C=O) groups is 1. The second kappa shape index (κ2) is 8.86. The highest BCUT2D eigenvalue weighted by molar-refractivity contribution is 7.93. The van der Waals surface area contributed by atoms with Gasteiger partial charge in [0.2, 0.25) is 0 Å². The van der Waals surface area contributed by atoms with Crippen molar-refractivity contribution in [3.63, 3.8) is 0 Å². The zero-order chi connectivity index (χ0) is 22.1. The fraction of sp³-hybridized carbons (Fsp3) is 0.0952. The Balaban J connectivity index is 1.95. The third kappa shape index (κ3) is 4.73. The van der Waals surface area contributed by atoms with Crippen molar-refractivity contribution in [2.24, 2.45) is 0 Å². The van der Waals surface area contributed by atoms with Crippen molar-refractivity contribution in [2.45, 2.75) is 11.8 Å². The molecule has 0 radical (unpaired) electrons. The minimum atomic E-state index is -4.02. The summed E-state index contributed by atoms with van der Waals surface area (Å²) in [4.78, 5) is 12.5. The molecule has 0 fully saturated rings. The quantitative estimate of drug-likeness (QED) is 0.481. The zero-order valence-corrected chi connectivity index (χ0v) is 19.1. The molecule has 0 spiro atoms. The maximum absolute atomic E-state index is 13.1. The molecule has 156 valence electrons. The molecule has 0 aliphatic rings. The number of amides is 1. The zero-order valence-electron chi connectivity index (χ0n) is 16.0. The molecule has 0 aromatic heterocycles. The lowest BCUT2D eigenvalue weighted by molar-refractivity contribution is 0.102. The SMILES string of the molecule is Cc1ccc(Cl)cc1NC(=O)c1ccc(Cl)c(S(=O)(=O)N(C)c2ccc(Cl)cc2)c1. The van der Waals surface area contributed by atoms with Gasteiger partial charge in [-0.1, -0.05) is 40.9 Å². The molecule has 3 aromatic carbocycles. The average Bonchev–Trinajstić information content (AvgIpc) is 2.71. The van der Waals surface area contributed by atoms with Gasteiger partial charge >= 0.3 is 0 Å². The first-order valence-electron chi connectivity index (χ1n) is 8.71. The van der Waals surface area contributed by atoms with Gasteiger partial charge in [-0.05, 0) is 67.1 Å². The maximum atomic E-state index is 13.1. The third-order valence-electron chi connectivity index (χ3n) is 4.47. The van der Waals surface area contributed by atoms with Crippen LogP contribution in [0.3, 0.4) is 0 Å². The number of hydrogen-bond acceptors (Lipinski definition) is 3. The fourth-order valence-corrected chi connectivity index (χ4v) is 4.70. The Morgan fingerprint density at radius 3 is 2.20 bits per heavy atom. The van der Waals surface area contributed by atoms with E-state index < -0.39 is 15.9 Å². The van der Waals surface area contributed by atoms with Gasteiger partial charge in [0.1, 0.15) is 4.90 Å². The van der Waals surface area contributed by atoms with Crippen LogP contribution in [-0.2, 0) is 10.0 Å². The number of anilines is 2. The summed E-state index contributed by atoms with van der Waals surface area (Å²) in [5, 5.41) is 3.70. The van der Waals surface area contributed by atoms with Crippen LogP contribution in [0.5, 0.6) is 0 Å². The summed E-state index contributed by atoms with van der Waals surface area (Å²) in [7, 11) is -2.62. The minimum Gasteiger partial charge on any atom is -0.322 e. The van der Waals surface area contributed by atoms with E-state index in [2.05, 4.69) is 5.32 Å². The van der Waals surface area contributed by atoms with Crippen LogP contribution in [0, 0.1) is 6.92 Å². The lowest BCUT2D eigenvalue weighted by Crippen LogP contribution is -2.27. The third-order valence-corrected chi connectivity index (χ3v) is 7.22. The number of sulfonamides is 1.